The molecule has 0 aromatic carbocycles. The van der Waals surface area contributed by atoms with Crippen LogP contribution in [0.25, 0.3) is 0 Å². The molecule has 2 saturated heterocycles. The van der Waals surface area contributed by atoms with Gasteiger partial charge in [-0.3, -0.25) is 4.79 Å². The third-order valence-electron chi connectivity index (χ3n) is 5.16. The largest absolute Gasteiger partial charge is 0.337 e. The van der Waals surface area contributed by atoms with Crippen molar-refractivity contribution >= 4 is 15.9 Å². The number of rotatable bonds is 3. The van der Waals surface area contributed by atoms with Crippen LogP contribution in [0.15, 0.2) is 0 Å². The van der Waals surface area contributed by atoms with E-state index in [1.54, 1.807) is 4.31 Å². The fraction of sp³-hybridized carbons (Fsp3) is 0.929. The SMILES string of the molecule is CS(=O)(=O)N1CCC[C@]2(CCC(=O)N2CC2CC2)CC1. The summed E-state index contributed by atoms with van der Waals surface area (Å²) in [6.07, 6.45) is 7.96. The summed E-state index contributed by atoms with van der Waals surface area (Å²) in [5, 5.41) is 0. The predicted octanol–water partition coefficient (Wildman–Crippen LogP) is 1.20. The molecule has 0 unspecified atom stereocenters. The highest BCUT2D eigenvalue weighted by molar-refractivity contribution is 7.88. The number of likely N-dealkylation sites (tertiary alicyclic amines) is 1. The quantitative estimate of drug-likeness (QED) is 0.787. The van der Waals surface area contributed by atoms with Crippen LogP contribution in [-0.4, -0.2) is 55.0 Å². The average molecular weight is 300 g/mol. The molecule has 0 radical (unpaired) electrons. The van der Waals surface area contributed by atoms with E-state index in [2.05, 4.69) is 4.90 Å². The number of hydrogen-bond donors (Lipinski definition) is 0. The summed E-state index contributed by atoms with van der Waals surface area (Å²) < 4.78 is 25.0. The summed E-state index contributed by atoms with van der Waals surface area (Å²) in [5.74, 6) is 0.980. The molecular formula is C14H24N2O3S. The molecule has 3 rings (SSSR count). The van der Waals surface area contributed by atoms with Crippen LogP contribution in [0.4, 0.5) is 0 Å². The van der Waals surface area contributed by atoms with E-state index in [0.29, 0.717) is 25.4 Å². The lowest BCUT2D eigenvalue weighted by Gasteiger charge is -2.38. The summed E-state index contributed by atoms with van der Waals surface area (Å²) in [6, 6.07) is 0. The van der Waals surface area contributed by atoms with Gasteiger partial charge in [0, 0.05) is 31.6 Å². The minimum atomic E-state index is -3.11. The van der Waals surface area contributed by atoms with E-state index < -0.39 is 10.0 Å². The van der Waals surface area contributed by atoms with E-state index in [1.807, 2.05) is 0 Å². The van der Waals surface area contributed by atoms with Gasteiger partial charge in [-0.15, -0.1) is 0 Å². The van der Waals surface area contributed by atoms with Crippen molar-refractivity contribution in [2.75, 3.05) is 25.9 Å². The first kappa shape index (κ1) is 14.3. The first-order chi connectivity index (χ1) is 9.41. The predicted molar refractivity (Wildman–Crippen MR) is 76.7 cm³/mol. The maximum absolute atomic E-state index is 12.2. The highest BCUT2D eigenvalue weighted by Crippen LogP contribution is 2.42. The molecule has 1 spiro atoms. The molecule has 2 heterocycles. The van der Waals surface area contributed by atoms with Crippen molar-refractivity contribution in [1.29, 1.82) is 0 Å². The Hall–Kier alpha value is -0.620. The molecule has 6 heteroatoms. The lowest BCUT2D eigenvalue weighted by atomic mass is 9.87. The van der Waals surface area contributed by atoms with Crippen molar-refractivity contribution in [3.63, 3.8) is 0 Å². The molecule has 20 heavy (non-hydrogen) atoms. The van der Waals surface area contributed by atoms with E-state index in [0.717, 1.165) is 32.2 Å². The van der Waals surface area contributed by atoms with Crippen molar-refractivity contribution in [3.8, 4) is 0 Å². The molecule has 114 valence electrons. The molecular weight excluding hydrogens is 276 g/mol. The van der Waals surface area contributed by atoms with Gasteiger partial charge in [-0.2, -0.15) is 0 Å². The number of amides is 1. The third kappa shape index (κ3) is 2.72. The van der Waals surface area contributed by atoms with Crippen LogP contribution in [0, 0.1) is 5.92 Å². The van der Waals surface area contributed by atoms with Crippen LogP contribution >= 0.6 is 0 Å². The lowest BCUT2D eigenvalue weighted by Crippen LogP contribution is -2.47. The van der Waals surface area contributed by atoms with Crippen molar-refractivity contribution in [2.45, 2.75) is 50.5 Å². The molecule has 0 N–H and O–H groups in total. The van der Waals surface area contributed by atoms with Gasteiger partial charge in [-0.25, -0.2) is 12.7 Å². The van der Waals surface area contributed by atoms with Gasteiger partial charge >= 0.3 is 0 Å². The summed E-state index contributed by atoms with van der Waals surface area (Å²) in [5.41, 5.74) is -0.0564. The summed E-state index contributed by atoms with van der Waals surface area (Å²) in [4.78, 5) is 14.3. The zero-order valence-corrected chi connectivity index (χ0v) is 13.0. The number of hydrogen-bond acceptors (Lipinski definition) is 3. The Morgan fingerprint density at radius 2 is 1.95 bits per heavy atom. The molecule has 0 aromatic rings. The van der Waals surface area contributed by atoms with Crippen molar-refractivity contribution < 1.29 is 13.2 Å². The number of carbonyl (C=O) groups excluding carboxylic acids is 1. The van der Waals surface area contributed by atoms with Gasteiger partial charge in [0.05, 0.1) is 6.26 Å². The van der Waals surface area contributed by atoms with Crippen LogP contribution in [0.1, 0.15) is 44.9 Å². The zero-order chi connectivity index (χ0) is 14.4. The number of nitrogens with zero attached hydrogens (tertiary/aromatic N) is 2. The molecule has 5 nitrogen and oxygen atoms in total. The normalized spacial score (nSPS) is 32.9. The second-order valence-electron chi connectivity index (χ2n) is 6.69. The molecule has 1 amide bonds. The highest BCUT2D eigenvalue weighted by atomic mass is 32.2. The molecule has 3 aliphatic rings. The van der Waals surface area contributed by atoms with Crippen LogP contribution in [-0.2, 0) is 14.8 Å². The maximum Gasteiger partial charge on any atom is 0.223 e. The summed E-state index contributed by atoms with van der Waals surface area (Å²) in [7, 11) is -3.11. The fourth-order valence-electron chi connectivity index (χ4n) is 3.73. The van der Waals surface area contributed by atoms with Gasteiger partial charge in [-0.05, 0) is 44.4 Å². The van der Waals surface area contributed by atoms with Gasteiger partial charge in [-0.1, -0.05) is 0 Å². The Kier molecular flexibility index (Phi) is 3.57. The fourth-order valence-corrected chi connectivity index (χ4v) is 4.62. The first-order valence-electron chi connectivity index (χ1n) is 7.66. The molecule has 0 bridgehead atoms. The van der Waals surface area contributed by atoms with Gasteiger partial charge in [0.1, 0.15) is 0 Å². The van der Waals surface area contributed by atoms with E-state index in [9.17, 15) is 13.2 Å². The molecule has 1 saturated carbocycles. The topological polar surface area (TPSA) is 57.7 Å². The van der Waals surface area contributed by atoms with Gasteiger partial charge in [0.25, 0.3) is 0 Å². The Labute approximate surface area is 121 Å². The van der Waals surface area contributed by atoms with Crippen molar-refractivity contribution in [3.05, 3.63) is 0 Å². The summed E-state index contributed by atoms with van der Waals surface area (Å²) in [6.45, 7) is 2.07. The average Bonchev–Trinajstić information content (AvgIpc) is 3.14. The Balaban J connectivity index is 1.75. The number of sulfonamides is 1. The van der Waals surface area contributed by atoms with Crippen molar-refractivity contribution in [1.82, 2.24) is 9.21 Å². The Morgan fingerprint density at radius 1 is 1.20 bits per heavy atom. The monoisotopic (exact) mass is 300 g/mol. The minimum absolute atomic E-state index is 0.0564. The third-order valence-corrected chi connectivity index (χ3v) is 6.46. The molecule has 3 fully saturated rings. The molecule has 0 aromatic heterocycles. The van der Waals surface area contributed by atoms with E-state index in [-0.39, 0.29) is 11.4 Å². The van der Waals surface area contributed by atoms with Gasteiger partial charge in [0.15, 0.2) is 0 Å². The van der Waals surface area contributed by atoms with Crippen LogP contribution in [0.2, 0.25) is 0 Å². The molecule has 1 aliphatic carbocycles. The standard InChI is InChI=1S/C14H24N2O3S/c1-20(18,19)15-9-2-6-14(8-10-15)7-5-13(17)16(14)11-12-3-4-12/h12H,2-11H2,1H3/t14-/m0/s1. The Bertz CT molecular complexity index is 501. The summed E-state index contributed by atoms with van der Waals surface area (Å²) >= 11 is 0. The second kappa shape index (κ2) is 4.98. The van der Waals surface area contributed by atoms with Gasteiger partial charge in [0.2, 0.25) is 15.9 Å². The van der Waals surface area contributed by atoms with Gasteiger partial charge < -0.3 is 4.90 Å². The van der Waals surface area contributed by atoms with Crippen molar-refractivity contribution in [2.24, 2.45) is 5.92 Å². The lowest BCUT2D eigenvalue weighted by molar-refractivity contribution is -0.131. The first-order valence-corrected chi connectivity index (χ1v) is 9.51. The molecule has 2 aliphatic heterocycles. The molecule has 1 atom stereocenters. The smallest absolute Gasteiger partial charge is 0.223 e. The van der Waals surface area contributed by atoms with E-state index in [1.165, 1.54) is 19.1 Å². The second-order valence-corrected chi connectivity index (χ2v) is 8.67. The van der Waals surface area contributed by atoms with Crippen LogP contribution < -0.4 is 0 Å². The van der Waals surface area contributed by atoms with Crippen LogP contribution in [0.5, 0.6) is 0 Å². The maximum atomic E-state index is 12.2. The minimum Gasteiger partial charge on any atom is -0.337 e. The number of carbonyl (C=O) groups is 1. The Morgan fingerprint density at radius 3 is 2.60 bits per heavy atom. The zero-order valence-electron chi connectivity index (χ0n) is 12.2. The van der Waals surface area contributed by atoms with E-state index in [4.69, 9.17) is 0 Å². The van der Waals surface area contributed by atoms with E-state index >= 15 is 0 Å². The highest BCUT2D eigenvalue weighted by Gasteiger charge is 2.47. The van der Waals surface area contributed by atoms with Crippen LogP contribution in [0.3, 0.4) is 0 Å².